The van der Waals surface area contributed by atoms with Crippen LogP contribution in [0, 0.1) is 5.92 Å². The molecular formula is C14H20ClNO2. The van der Waals surface area contributed by atoms with Crippen LogP contribution in [-0.2, 0) is 0 Å². The lowest BCUT2D eigenvalue weighted by molar-refractivity contribution is 0.0600. The van der Waals surface area contributed by atoms with Crippen LogP contribution in [0.3, 0.4) is 0 Å². The van der Waals surface area contributed by atoms with Crippen LogP contribution in [0.4, 0.5) is 0 Å². The molecule has 0 bridgehead atoms. The second-order valence-corrected chi connectivity index (χ2v) is 5.16. The maximum Gasteiger partial charge on any atom is 0.138 e. The molecule has 2 unspecified atom stereocenters. The number of hydrogen-bond acceptors (Lipinski definition) is 3. The summed E-state index contributed by atoms with van der Waals surface area (Å²) >= 11 is 6.00. The molecule has 0 radical (unpaired) electrons. The van der Waals surface area contributed by atoms with Crippen LogP contribution in [0.5, 0.6) is 5.75 Å². The molecule has 1 aliphatic heterocycles. The fourth-order valence-electron chi connectivity index (χ4n) is 2.34. The number of ether oxygens (including phenoxy) is 1. The molecule has 1 saturated heterocycles. The Balaban J connectivity index is 1.82. The summed E-state index contributed by atoms with van der Waals surface area (Å²) in [5.41, 5.74) is 0. The molecule has 18 heavy (non-hydrogen) atoms. The minimum atomic E-state index is -0.419. The number of likely N-dealkylation sites (tertiary alicyclic amines) is 1. The molecule has 0 aliphatic carbocycles. The summed E-state index contributed by atoms with van der Waals surface area (Å²) in [6.45, 7) is 5.55. The highest BCUT2D eigenvalue weighted by Gasteiger charge is 2.27. The van der Waals surface area contributed by atoms with E-state index in [0.717, 1.165) is 26.1 Å². The molecule has 1 heterocycles. The third-order valence-electron chi connectivity index (χ3n) is 3.55. The second-order valence-electron chi connectivity index (χ2n) is 4.75. The molecule has 0 spiro atoms. The van der Waals surface area contributed by atoms with Gasteiger partial charge in [-0.15, -0.1) is 0 Å². The number of rotatable bonds is 5. The van der Waals surface area contributed by atoms with Crippen molar-refractivity contribution in [3.8, 4) is 5.75 Å². The van der Waals surface area contributed by atoms with E-state index < -0.39 is 6.10 Å². The second kappa shape index (κ2) is 6.41. The van der Waals surface area contributed by atoms with E-state index in [1.807, 2.05) is 18.2 Å². The molecule has 1 aromatic carbocycles. The first-order valence-corrected chi connectivity index (χ1v) is 6.86. The van der Waals surface area contributed by atoms with Gasteiger partial charge < -0.3 is 14.7 Å². The molecule has 1 fully saturated rings. The van der Waals surface area contributed by atoms with Gasteiger partial charge in [-0.25, -0.2) is 0 Å². The molecule has 3 nitrogen and oxygen atoms in total. The SMILES string of the molecule is CCN1CCC(C(O)COc2ccccc2Cl)C1. The number of benzene rings is 1. The molecule has 4 heteroatoms. The van der Waals surface area contributed by atoms with Gasteiger partial charge in [0, 0.05) is 12.5 Å². The molecule has 1 aliphatic rings. The summed E-state index contributed by atoms with van der Waals surface area (Å²) in [5, 5.41) is 10.7. The highest BCUT2D eigenvalue weighted by atomic mass is 35.5. The Morgan fingerprint density at radius 2 is 2.28 bits per heavy atom. The largest absolute Gasteiger partial charge is 0.489 e. The van der Waals surface area contributed by atoms with E-state index in [0.29, 0.717) is 23.3 Å². The first kappa shape index (κ1) is 13.7. The van der Waals surface area contributed by atoms with Crippen molar-refractivity contribution in [3.63, 3.8) is 0 Å². The van der Waals surface area contributed by atoms with Gasteiger partial charge in [-0.2, -0.15) is 0 Å². The minimum absolute atomic E-state index is 0.311. The first-order chi connectivity index (χ1) is 8.70. The lowest BCUT2D eigenvalue weighted by Gasteiger charge is -2.19. The van der Waals surface area contributed by atoms with Gasteiger partial charge in [-0.1, -0.05) is 30.7 Å². The average Bonchev–Trinajstić information content (AvgIpc) is 2.86. The zero-order valence-corrected chi connectivity index (χ0v) is 11.4. The van der Waals surface area contributed by atoms with Crippen molar-refractivity contribution in [2.75, 3.05) is 26.2 Å². The molecular weight excluding hydrogens is 250 g/mol. The van der Waals surface area contributed by atoms with E-state index in [4.69, 9.17) is 16.3 Å². The quantitative estimate of drug-likeness (QED) is 0.891. The van der Waals surface area contributed by atoms with Crippen LogP contribution in [0.1, 0.15) is 13.3 Å². The topological polar surface area (TPSA) is 32.7 Å². The van der Waals surface area contributed by atoms with Gasteiger partial charge in [0.05, 0.1) is 11.1 Å². The van der Waals surface area contributed by atoms with Gasteiger partial charge in [0.15, 0.2) is 0 Å². The lowest BCUT2D eigenvalue weighted by Crippen LogP contribution is -2.30. The van der Waals surface area contributed by atoms with Crippen molar-refractivity contribution in [2.45, 2.75) is 19.4 Å². The molecule has 0 saturated carbocycles. The van der Waals surface area contributed by atoms with Gasteiger partial charge in [-0.3, -0.25) is 0 Å². The third kappa shape index (κ3) is 3.37. The van der Waals surface area contributed by atoms with Crippen LogP contribution in [0.2, 0.25) is 5.02 Å². The van der Waals surface area contributed by atoms with E-state index in [-0.39, 0.29) is 0 Å². The van der Waals surface area contributed by atoms with Crippen LogP contribution < -0.4 is 4.74 Å². The molecule has 1 N–H and O–H groups in total. The van der Waals surface area contributed by atoms with Crippen LogP contribution >= 0.6 is 11.6 Å². The molecule has 100 valence electrons. The van der Waals surface area contributed by atoms with E-state index in [2.05, 4.69) is 11.8 Å². The normalized spacial score (nSPS) is 22.1. The monoisotopic (exact) mass is 269 g/mol. The van der Waals surface area contributed by atoms with Crippen molar-refractivity contribution in [3.05, 3.63) is 29.3 Å². The van der Waals surface area contributed by atoms with Crippen LogP contribution in [-0.4, -0.2) is 42.4 Å². The Labute approximate surface area is 113 Å². The lowest BCUT2D eigenvalue weighted by atomic mass is 10.0. The summed E-state index contributed by atoms with van der Waals surface area (Å²) in [4.78, 5) is 2.35. The molecule has 2 atom stereocenters. The number of aliphatic hydroxyl groups is 1. The van der Waals surface area contributed by atoms with Gasteiger partial charge in [0.1, 0.15) is 12.4 Å². The minimum Gasteiger partial charge on any atom is -0.489 e. The number of para-hydroxylation sites is 1. The Morgan fingerprint density at radius 3 is 2.94 bits per heavy atom. The fraction of sp³-hybridized carbons (Fsp3) is 0.571. The van der Waals surface area contributed by atoms with E-state index in [9.17, 15) is 5.11 Å². The van der Waals surface area contributed by atoms with Crippen LogP contribution in [0.25, 0.3) is 0 Å². The van der Waals surface area contributed by atoms with Crippen LogP contribution in [0.15, 0.2) is 24.3 Å². The van der Waals surface area contributed by atoms with Gasteiger partial charge in [-0.05, 0) is 31.6 Å². The van der Waals surface area contributed by atoms with Crippen molar-refractivity contribution in [1.29, 1.82) is 0 Å². The summed E-state index contributed by atoms with van der Waals surface area (Å²) in [6.07, 6.45) is 0.624. The summed E-state index contributed by atoms with van der Waals surface area (Å²) in [6, 6.07) is 7.35. The Kier molecular flexibility index (Phi) is 4.87. The summed E-state index contributed by atoms with van der Waals surface area (Å²) < 4.78 is 5.58. The number of halogens is 1. The van der Waals surface area contributed by atoms with E-state index >= 15 is 0 Å². The number of aliphatic hydroxyl groups excluding tert-OH is 1. The summed E-state index contributed by atoms with van der Waals surface area (Å²) in [7, 11) is 0. The van der Waals surface area contributed by atoms with Gasteiger partial charge >= 0.3 is 0 Å². The average molecular weight is 270 g/mol. The van der Waals surface area contributed by atoms with E-state index in [1.54, 1.807) is 6.07 Å². The molecule has 2 rings (SSSR count). The molecule has 0 amide bonds. The number of nitrogens with zero attached hydrogens (tertiary/aromatic N) is 1. The van der Waals surface area contributed by atoms with Crippen molar-refractivity contribution >= 4 is 11.6 Å². The Morgan fingerprint density at radius 1 is 1.50 bits per heavy atom. The Bertz CT molecular complexity index is 386. The molecule has 1 aromatic rings. The first-order valence-electron chi connectivity index (χ1n) is 6.48. The van der Waals surface area contributed by atoms with Crippen molar-refractivity contribution < 1.29 is 9.84 Å². The van der Waals surface area contributed by atoms with Crippen molar-refractivity contribution in [1.82, 2.24) is 4.90 Å². The van der Waals surface area contributed by atoms with Crippen molar-refractivity contribution in [2.24, 2.45) is 5.92 Å². The predicted molar refractivity (Wildman–Crippen MR) is 73.2 cm³/mol. The molecule has 0 aromatic heterocycles. The fourth-order valence-corrected chi connectivity index (χ4v) is 2.53. The Hall–Kier alpha value is -0.770. The third-order valence-corrected chi connectivity index (χ3v) is 3.86. The smallest absolute Gasteiger partial charge is 0.138 e. The van der Waals surface area contributed by atoms with Gasteiger partial charge in [0.25, 0.3) is 0 Å². The van der Waals surface area contributed by atoms with Gasteiger partial charge in [0.2, 0.25) is 0 Å². The predicted octanol–water partition coefficient (Wildman–Crippen LogP) is 2.42. The highest BCUT2D eigenvalue weighted by molar-refractivity contribution is 6.32. The van der Waals surface area contributed by atoms with E-state index in [1.165, 1.54) is 0 Å². The highest BCUT2D eigenvalue weighted by Crippen LogP contribution is 2.25. The summed E-state index contributed by atoms with van der Waals surface area (Å²) in [5.74, 6) is 0.955. The standard InChI is InChI=1S/C14H20ClNO2/c1-2-16-8-7-11(9-16)13(17)10-18-14-6-4-3-5-12(14)15/h3-6,11,13,17H,2,7-10H2,1H3. The maximum absolute atomic E-state index is 10.1. The number of hydrogen-bond donors (Lipinski definition) is 1. The zero-order valence-electron chi connectivity index (χ0n) is 10.7. The zero-order chi connectivity index (χ0) is 13.0. The maximum atomic E-state index is 10.1.